The first-order chi connectivity index (χ1) is 9.29. The Bertz CT molecular complexity index is 274. The van der Waals surface area contributed by atoms with Crippen LogP contribution in [0.5, 0.6) is 0 Å². The highest BCUT2D eigenvalue weighted by atomic mass is 79.9. The Balaban J connectivity index is 1.75. The van der Waals surface area contributed by atoms with E-state index < -0.39 is 0 Å². The normalized spacial score (nSPS) is 29.7. The van der Waals surface area contributed by atoms with Crippen molar-refractivity contribution in [3.63, 3.8) is 0 Å². The fraction of sp³-hybridized carbons (Fsp3) is 0.938. The Morgan fingerprint density at radius 3 is 2.26 bits per heavy atom. The highest BCUT2D eigenvalue weighted by molar-refractivity contribution is 9.09. The smallest absolute Gasteiger partial charge is 0.220 e. The molecule has 2 saturated carbocycles. The van der Waals surface area contributed by atoms with Crippen LogP contribution in [0.3, 0.4) is 0 Å². The summed E-state index contributed by atoms with van der Waals surface area (Å²) in [5, 5.41) is 4.35. The van der Waals surface area contributed by atoms with Crippen LogP contribution < -0.4 is 5.32 Å². The maximum atomic E-state index is 12.2. The largest absolute Gasteiger partial charge is 0.353 e. The summed E-state index contributed by atoms with van der Waals surface area (Å²) in [5.41, 5.74) is 0. The molecular formula is C16H28BrNO. The molecule has 2 fully saturated rings. The zero-order valence-corrected chi connectivity index (χ0v) is 13.6. The van der Waals surface area contributed by atoms with Gasteiger partial charge in [-0.15, -0.1) is 0 Å². The fourth-order valence-electron chi connectivity index (χ4n) is 3.68. The number of halogens is 1. The summed E-state index contributed by atoms with van der Waals surface area (Å²) in [6.07, 6.45) is 13.7. The van der Waals surface area contributed by atoms with Crippen molar-refractivity contribution in [1.29, 1.82) is 0 Å². The van der Waals surface area contributed by atoms with E-state index >= 15 is 0 Å². The van der Waals surface area contributed by atoms with Crippen LogP contribution in [0.4, 0.5) is 0 Å². The minimum Gasteiger partial charge on any atom is -0.353 e. The molecule has 0 aromatic rings. The second-order valence-electron chi connectivity index (χ2n) is 6.43. The lowest BCUT2D eigenvalue weighted by molar-refractivity contribution is -0.123. The molecule has 2 nitrogen and oxygen atoms in total. The van der Waals surface area contributed by atoms with E-state index in [0.717, 1.165) is 11.8 Å². The molecule has 0 heterocycles. The monoisotopic (exact) mass is 329 g/mol. The van der Waals surface area contributed by atoms with Gasteiger partial charge in [0.15, 0.2) is 0 Å². The van der Waals surface area contributed by atoms with Crippen LogP contribution in [0.15, 0.2) is 0 Å². The quantitative estimate of drug-likeness (QED) is 0.600. The van der Waals surface area contributed by atoms with Gasteiger partial charge in [-0.3, -0.25) is 4.79 Å². The fourth-order valence-corrected chi connectivity index (χ4v) is 4.45. The second-order valence-corrected chi connectivity index (χ2v) is 7.08. The molecule has 2 atom stereocenters. The van der Waals surface area contributed by atoms with E-state index in [1.54, 1.807) is 0 Å². The van der Waals surface area contributed by atoms with Crippen molar-refractivity contribution in [2.24, 2.45) is 11.8 Å². The van der Waals surface area contributed by atoms with Gasteiger partial charge in [0.1, 0.15) is 0 Å². The standard InChI is InChI=1S/C16H28BrNO/c17-12-14-9-5-6-10-15(14)18-16(19)11-13-7-3-1-2-4-8-13/h13-15H,1-12H2,(H,18,19). The van der Waals surface area contributed by atoms with E-state index in [4.69, 9.17) is 0 Å². The third-order valence-electron chi connectivity index (χ3n) is 4.90. The van der Waals surface area contributed by atoms with Gasteiger partial charge in [-0.1, -0.05) is 54.5 Å². The Morgan fingerprint density at radius 1 is 0.947 bits per heavy atom. The van der Waals surface area contributed by atoms with Gasteiger partial charge in [0.25, 0.3) is 0 Å². The molecule has 3 heteroatoms. The van der Waals surface area contributed by atoms with Crippen molar-refractivity contribution in [2.45, 2.75) is 76.7 Å². The Hall–Kier alpha value is -0.0500. The van der Waals surface area contributed by atoms with Gasteiger partial charge < -0.3 is 5.32 Å². The lowest BCUT2D eigenvalue weighted by atomic mass is 9.85. The number of hydrogen-bond acceptors (Lipinski definition) is 1. The maximum absolute atomic E-state index is 12.2. The molecule has 0 saturated heterocycles. The van der Waals surface area contributed by atoms with Crippen molar-refractivity contribution in [3.05, 3.63) is 0 Å². The van der Waals surface area contributed by atoms with E-state index in [9.17, 15) is 4.79 Å². The number of rotatable bonds is 4. The summed E-state index contributed by atoms with van der Waals surface area (Å²) in [6, 6.07) is 0.423. The number of hydrogen-bond donors (Lipinski definition) is 1. The predicted octanol–water partition coefficient (Wildman–Crippen LogP) is 4.42. The molecule has 1 N–H and O–H groups in total. The summed E-state index contributed by atoms with van der Waals surface area (Å²) in [5.74, 6) is 1.60. The van der Waals surface area contributed by atoms with Crippen LogP contribution in [-0.2, 0) is 4.79 Å². The molecule has 2 aliphatic rings. The first-order valence-electron chi connectivity index (χ1n) is 8.15. The molecule has 1 amide bonds. The summed E-state index contributed by atoms with van der Waals surface area (Å²) in [7, 11) is 0. The Kier molecular flexibility index (Phi) is 6.69. The second kappa shape index (κ2) is 8.28. The summed E-state index contributed by atoms with van der Waals surface area (Å²) in [6.45, 7) is 0. The molecule has 110 valence electrons. The lowest BCUT2D eigenvalue weighted by Gasteiger charge is -2.31. The molecule has 0 radical (unpaired) electrons. The summed E-state index contributed by atoms with van der Waals surface area (Å²) >= 11 is 3.60. The van der Waals surface area contributed by atoms with Crippen LogP contribution in [-0.4, -0.2) is 17.3 Å². The van der Waals surface area contributed by atoms with Crippen LogP contribution >= 0.6 is 15.9 Å². The van der Waals surface area contributed by atoms with Gasteiger partial charge in [0.2, 0.25) is 5.91 Å². The molecule has 0 aliphatic heterocycles. The predicted molar refractivity (Wildman–Crippen MR) is 83.5 cm³/mol. The third kappa shape index (κ3) is 5.09. The number of carbonyl (C=O) groups is 1. The highest BCUT2D eigenvalue weighted by Gasteiger charge is 2.26. The van der Waals surface area contributed by atoms with E-state index in [2.05, 4.69) is 21.2 Å². The van der Waals surface area contributed by atoms with Crippen molar-refractivity contribution < 1.29 is 4.79 Å². The molecule has 19 heavy (non-hydrogen) atoms. The average molecular weight is 330 g/mol. The number of nitrogens with one attached hydrogen (secondary N) is 1. The molecule has 0 bridgehead atoms. The van der Waals surface area contributed by atoms with Gasteiger partial charge in [-0.2, -0.15) is 0 Å². The number of carbonyl (C=O) groups excluding carboxylic acids is 1. The Morgan fingerprint density at radius 2 is 1.58 bits per heavy atom. The maximum Gasteiger partial charge on any atom is 0.220 e. The summed E-state index contributed by atoms with van der Waals surface area (Å²) in [4.78, 5) is 12.2. The Labute approximate surface area is 126 Å². The van der Waals surface area contributed by atoms with E-state index in [0.29, 0.717) is 23.8 Å². The van der Waals surface area contributed by atoms with Gasteiger partial charge in [-0.05, 0) is 37.5 Å². The molecule has 0 spiro atoms. The minimum absolute atomic E-state index is 0.310. The third-order valence-corrected chi connectivity index (χ3v) is 5.73. The number of alkyl halides is 1. The van der Waals surface area contributed by atoms with Crippen LogP contribution in [0.2, 0.25) is 0 Å². The zero-order valence-electron chi connectivity index (χ0n) is 12.0. The van der Waals surface area contributed by atoms with Crippen LogP contribution in [0, 0.1) is 11.8 Å². The molecule has 2 unspecified atom stereocenters. The van der Waals surface area contributed by atoms with E-state index in [-0.39, 0.29) is 0 Å². The SMILES string of the molecule is O=C(CC1CCCCCC1)NC1CCCCC1CBr. The van der Waals surface area contributed by atoms with Gasteiger partial charge in [0.05, 0.1) is 0 Å². The van der Waals surface area contributed by atoms with Crippen molar-refractivity contribution in [2.75, 3.05) is 5.33 Å². The molecule has 2 aliphatic carbocycles. The lowest BCUT2D eigenvalue weighted by Crippen LogP contribution is -2.43. The van der Waals surface area contributed by atoms with Crippen molar-refractivity contribution in [3.8, 4) is 0 Å². The number of amides is 1. The van der Waals surface area contributed by atoms with Crippen molar-refractivity contribution >= 4 is 21.8 Å². The first-order valence-corrected chi connectivity index (χ1v) is 9.27. The molecule has 2 rings (SSSR count). The van der Waals surface area contributed by atoms with Crippen LogP contribution in [0.25, 0.3) is 0 Å². The van der Waals surface area contributed by atoms with Crippen LogP contribution in [0.1, 0.15) is 70.6 Å². The zero-order chi connectivity index (χ0) is 13.5. The molecular weight excluding hydrogens is 302 g/mol. The first kappa shape index (κ1) is 15.3. The average Bonchev–Trinajstić information content (AvgIpc) is 2.68. The molecule has 0 aromatic heterocycles. The minimum atomic E-state index is 0.310. The van der Waals surface area contributed by atoms with Gasteiger partial charge in [-0.25, -0.2) is 0 Å². The molecule has 0 aromatic carbocycles. The van der Waals surface area contributed by atoms with E-state index in [1.165, 1.54) is 64.2 Å². The van der Waals surface area contributed by atoms with E-state index in [1.807, 2.05) is 0 Å². The topological polar surface area (TPSA) is 29.1 Å². The summed E-state index contributed by atoms with van der Waals surface area (Å²) < 4.78 is 0. The van der Waals surface area contributed by atoms with Gasteiger partial charge in [0, 0.05) is 17.8 Å². The highest BCUT2D eigenvalue weighted by Crippen LogP contribution is 2.28. The van der Waals surface area contributed by atoms with Crippen molar-refractivity contribution in [1.82, 2.24) is 5.32 Å². The van der Waals surface area contributed by atoms with Gasteiger partial charge >= 0.3 is 0 Å².